The molecule has 2 unspecified atom stereocenters. The van der Waals surface area contributed by atoms with E-state index in [0.717, 1.165) is 19.5 Å². The summed E-state index contributed by atoms with van der Waals surface area (Å²) in [5, 5.41) is 6.30. The van der Waals surface area contributed by atoms with Gasteiger partial charge >= 0.3 is 0 Å². The van der Waals surface area contributed by atoms with Gasteiger partial charge in [-0.3, -0.25) is 4.79 Å². The lowest BCUT2D eigenvalue weighted by Crippen LogP contribution is -2.40. The van der Waals surface area contributed by atoms with Gasteiger partial charge in [0.25, 0.3) is 0 Å². The smallest absolute Gasteiger partial charge is 0.221 e. The number of amides is 1. The van der Waals surface area contributed by atoms with Crippen LogP contribution in [-0.2, 0) is 4.79 Å². The number of hydrogen-bond acceptors (Lipinski definition) is 3. The van der Waals surface area contributed by atoms with Crippen molar-refractivity contribution in [2.24, 2.45) is 0 Å². The van der Waals surface area contributed by atoms with Crippen molar-refractivity contribution in [2.45, 2.75) is 38.3 Å². The number of carbonyl (C=O) groups is 1. The van der Waals surface area contributed by atoms with Crippen LogP contribution in [0.4, 0.5) is 0 Å². The van der Waals surface area contributed by atoms with Crippen molar-refractivity contribution in [3.63, 3.8) is 0 Å². The molecule has 0 aromatic rings. The maximum absolute atomic E-state index is 11.6. The normalized spacial score (nSPS) is 20.4. The minimum Gasteiger partial charge on any atom is -0.354 e. The molecule has 1 aliphatic rings. The Morgan fingerprint density at radius 1 is 1.47 bits per heavy atom. The lowest BCUT2D eigenvalue weighted by molar-refractivity contribution is -0.121. The third-order valence-corrected chi connectivity index (χ3v) is 3.07. The molecule has 0 aromatic heterocycles. The van der Waals surface area contributed by atoms with E-state index in [9.17, 15) is 4.79 Å². The highest BCUT2D eigenvalue weighted by Crippen LogP contribution is 2.08. The van der Waals surface area contributed by atoms with Crippen LogP contribution in [0.25, 0.3) is 0 Å². The Hall–Kier alpha value is -0.0300. The molecule has 0 aromatic carbocycles. The predicted octanol–water partition coefficient (Wildman–Crippen LogP) is 1.04. The number of rotatable bonds is 5. The standard InChI is InChI=1S/C11H23N3O.2ClH/c1-9(14(2)3)8-13-11(15)7-10-5-4-6-12-10;;/h9-10,12H,4-8H2,1-3H3,(H,13,15);2*1H. The van der Waals surface area contributed by atoms with Gasteiger partial charge in [-0.1, -0.05) is 0 Å². The average Bonchev–Trinajstić information content (AvgIpc) is 2.66. The van der Waals surface area contributed by atoms with Crippen molar-refractivity contribution >= 4 is 30.7 Å². The molecule has 6 heteroatoms. The molecule has 1 fully saturated rings. The van der Waals surface area contributed by atoms with Crippen LogP contribution in [-0.4, -0.2) is 50.1 Å². The Balaban J connectivity index is 0. The minimum atomic E-state index is 0. The molecule has 2 N–H and O–H groups in total. The lowest BCUT2D eigenvalue weighted by atomic mass is 10.1. The van der Waals surface area contributed by atoms with E-state index in [0.29, 0.717) is 18.5 Å². The SMILES string of the molecule is CC(CNC(=O)CC1CCCN1)N(C)C.Cl.Cl. The van der Waals surface area contributed by atoms with E-state index in [-0.39, 0.29) is 30.7 Å². The Bertz CT molecular complexity index is 209. The molecule has 0 bridgehead atoms. The van der Waals surface area contributed by atoms with Crippen molar-refractivity contribution in [1.29, 1.82) is 0 Å². The van der Waals surface area contributed by atoms with Gasteiger partial charge in [0.2, 0.25) is 5.91 Å². The van der Waals surface area contributed by atoms with Crippen LogP contribution < -0.4 is 10.6 Å². The molecular weight excluding hydrogens is 261 g/mol. The summed E-state index contributed by atoms with van der Waals surface area (Å²) >= 11 is 0. The first-order valence-corrected chi connectivity index (χ1v) is 5.76. The number of halogens is 2. The molecule has 0 spiro atoms. The monoisotopic (exact) mass is 285 g/mol. The number of carbonyl (C=O) groups excluding carboxylic acids is 1. The Morgan fingerprint density at radius 3 is 2.59 bits per heavy atom. The largest absolute Gasteiger partial charge is 0.354 e. The first-order valence-electron chi connectivity index (χ1n) is 5.76. The highest BCUT2D eigenvalue weighted by atomic mass is 35.5. The van der Waals surface area contributed by atoms with E-state index in [1.165, 1.54) is 6.42 Å². The summed E-state index contributed by atoms with van der Waals surface area (Å²) in [5.41, 5.74) is 0. The molecule has 0 radical (unpaired) electrons. The summed E-state index contributed by atoms with van der Waals surface area (Å²) in [4.78, 5) is 13.7. The van der Waals surface area contributed by atoms with Gasteiger partial charge in [0.05, 0.1) is 0 Å². The van der Waals surface area contributed by atoms with Crippen LogP contribution in [0, 0.1) is 0 Å². The van der Waals surface area contributed by atoms with Gasteiger partial charge in [-0.05, 0) is 40.4 Å². The topological polar surface area (TPSA) is 44.4 Å². The van der Waals surface area contributed by atoms with Crippen LogP contribution in [0.15, 0.2) is 0 Å². The second-order valence-electron chi connectivity index (χ2n) is 4.61. The van der Waals surface area contributed by atoms with Crippen molar-refractivity contribution in [1.82, 2.24) is 15.5 Å². The van der Waals surface area contributed by atoms with Crippen LogP contribution in [0.2, 0.25) is 0 Å². The molecule has 2 atom stereocenters. The van der Waals surface area contributed by atoms with Gasteiger partial charge in [0.1, 0.15) is 0 Å². The molecule has 1 saturated heterocycles. The summed E-state index contributed by atoms with van der Waals surface area (Å²) < 4.78 is 0. The molecule has 1 amide bonds. The fourth-order valence-electron chi connectivity index (χ4n) is 1.67. The van der Waals surface area contributed by atoms with E-state index in [1.807, 2.05) is 14.1 Å². The predicted molar refractivity (Wildman–Crippen MR) is 76.3 cm³/mol. The van der Waals surface area contributed by atoms with Gasteiger partial charge < -0.3 is 15.5 Å². The van der Waals surface area contributed by atoms with Crippen LogP contribution >= 0.6 is 24.8 Å². The third kappa shape index (κ3) is 7.82. The van der Waals surface area contributed by atoms with E-state index in [2.05, 4.69) is 22.5 Å². The summed E-state index contributed by atoms with van der Waals surface area (Å²) in [6.45, 7) is 3.90. The van der Waals surface area contributed by atoms with E-state index >= 15 is 0 Å². The van der Waals surface area contributed by atoms with Crippen LogP contribution in [0.1, 0.15) is 26.2 Å². The van der Waals surface area contributed by atoms with Crippen LogP contribution in [0.3, 0.4) is 0 Å². The van der Waals surface area contributed by atoms with Gasteiger partial charge in [-0.2, -0.15) is 0 Å². The van der Waals surface area contributed by atoms with E-state index in [1.54, 1.807) is 0 Å². The third-order valence-electron chi connectivity index (χ3n) is 3.07. The van der Waals surface area contributed by atoms with Crippen molar-refractivity contribution in [3.05, 3.63) is 0 Å². The second-order valence-corrected chi connectivity index (χ2v) is 4.61. The Labute approximate surface area is 117 Å². The van der Waals surface area contributed by atoms with Gasteiger partial charge in [0, 0.05) is 25.0 Å². The summed E-state index contributed by atoms with van der Waals surface area (Å²) in [5.74, 6) is 0.170. The number of nitrogens with zero attached hydrogens (tertiary/aromatic N) is 1. The Morgan fingerprint density at radius 2 is 2.12 bits per heavy atom. The zero-order chi connectivity index (χ0) is 11.3. The minimum absolute atomic E-state index is 0. The average molecular weight is 286 g/mol. The quantitative estimate of drug-likeness (QED) is 0.793. The summed E-state index contributed by atoms with van der Waals surface area (Å²) in [6.07, 6.45) is 2.96. The van der Waals surface area contributed by atoms with Gasteiger partial charge in [-0.15, -0.1) is 24.8 Å². The van der Waals surface area contributed by atoms with Crippen LogP contribution in [0.5, 0.6) is 0 Å². The zero-order valence-electron chi connectivity index (χ0n) is 10.9. The van der Waals surface area contributed by atoms with Gasteiger partial charge in [0.15, 0.2) is 0 Å². The van der Waals surface area contributed by atoms with Gasteiger partial charge in [-0.25, -0.2) is 0 Å². The molecule has 1 heterocycles. The number of nitrogens with one attached hydrogen (secondary N) is 2. The van der Waals surface area contributed by atoms with Crippen molar-refractivity contribution in [2.75, 3.05) is 27.2 Å². The molecule has 4 nitrogen and oxygen atoms in total. The maximum Gasteiger partial charge on any atom is 0.221 e. The molecule has 0 aliphatic carbocycles. The van der Waals surface area contributed by atoms with Crippen molar-refractivity contribution < 1.29 is 4.79 Å². The highest BCUT2D eigenvalue weighted by Gasteiger charge is 2.17. The first kappa shape index (κ1) is 19.3. The molecule has 104 valence electrons. The zero-order valence-corrected chi connectivity index (χ0v) is 12.5. The molecule has 17 heavy (non-hydrogen) atoms. The molecule has 1 rings (SSSR count). The lowest BCUT2D eigenvalue weighted by Gasteiger charge is -2.20. The molecule has 0 saturated carbocycles. The Kier molecular flexibility index (Phi) is 11.3. The van der Waals surface area contributed by atoms with Crippen molar-refractivity contribution in [3.8, 4) is 0 Å². The highest BCUT2D eigenvalue weighted by molar-refractivity contribution is 5.85. The summed E-state index contributed by atoms with van der Waals surface area (Å²) in [7, 11) is 4.05. The molecule has 1 aliphatic heterocycles. The van der Waals surface area contributed by atoms with E-state index in [4.69, 9.17) is 0 Å². The number of likely N-dealkylation sites (N-methyl/N-ethyl adjacent to an activating group) is 1. The fourth-order valence-corrected chi connectivity index (χ4v) is 1.67. The van der Waals surface area contributed by atoms with E-state index < -0.39 is 0 Å². The fraction of sp³-hybridized carbons (Fsp3) is 0.909. The molecular formula is C11H25Cl2N3O. The number of hydrogen-bond donors (Lipinski definition) is 2. The first-order chi connectivity index (χ1) is 7.09. The maximum atomic E-state index is 11.6. The summed E-state index contributed by atoms with van der Waals surface area (Å²) in [6, 6.07) is 0.796. The second kappa shape index (κ2) is 9.95.